The van der Waals surface area contributed by atoms with Crippen molar-refractivity contribution < 1.29 is 9.53 Å². The SMILES string of the molecule is COCCCN1CCn2c(nc3cc(NC(=O)c4cccs4)ccc32)C1. The number of methoxy groups -OCH3 is 1. The van der Waals surface area contributed by atoms with Gasteiger partial charge < -0.3 is 14.6 Å². The Morgan fingerprint density at radius 2 is 2.27 bits per heavy atom. The smallest absolute Gasteiger partial charge is 0.265 e. The van der Waals surface area contributed by atoms with Gasteiger partial charge in [0.1, 0.15) is 5.82 Å². The number of aromatic nitrogens is 2. The van der Waals surface area contributed by atoms with Crippen LogP contribution in [0.15, 0.2) is 35.7 Å². The van der Waals surface area contributed by atoms with Gasteiger partial charge in [0, 0.05) is 39.0 Å². The van der Waals surface area contributed by atoms with Gasteiger partial charge in [-0.25, -0.2) is 4.98 Å². The van der Waals surface area contributed by atoms with Crippen LogP contribution in [0.2, 0.25) is 0 Å². The van der Waals surface area contributed by atoms with E-state index in [1.165, 1.54) is 11.3 Å². The average Bonchev–Trinajstić information content (AvgIpc) is 3.29. The van der Waals surface area contributed by atoms with Crippen molar-refractivity contribution in [2.45, 2.75) is 19.5 Å². The van der Waals surface area contributed by atoms with Gasteiger partial charge in [0.05, 0.1) is 22.5 Å². The van der Waals surface area contributed by atoms with E-state index in [0.29, 0.717) is 4.88 Å². The van der Waals surface area contributed by atoms with Crippen molar-refractivity contribution in [3.8, 4) is 0 Å². The predicted octanol–water partition coefficient (Wildman–Crippen LogP) is 3.20. The molecule has 0 atom stereocenters. The van der Waals surface area contributed by atoms with Gasteiger partial charge in [0.15, 0.2) is 0 Å². The molecule has 0 saturated carbocycles. The number of rotatable bonds is 6. The van der Waals surface area contributed by atoms with Crippen LogP contribution in [-0.4, -0.2) is 47.2 Å². The molecule has 1 aromatic carbocycles. The van der Waals surface area contributed by atoms with Crippen LogP contribution in [-0.2, 0) is 17.8 Å². The van der Waals surface area contributed by atoms with E-state index in [-0.39, 0.29) is 5.91 Å². The fraction of sp³-hybridized carbons (Fsp3) is 0.368. The van der Waals surface area contributed by atoms with Gasteiger partial charge in [0.25, 0.3) is 5.91 Å². The second-order valence-corrected chi connectivity index (χ2v) is 7.38. The summed E-state index contributed by atoms with van der Waals surface area (Å²) in [4.78, 5) is 20.2. The number of benzene rings is 1. The molecule has 1 N–H and O–H groups in total. The zero-order chi connectivity index (χ0) is 17.9. The first-order chi connectivity index (χ1) is 12.7. The van der Waals surface area contributed by atoms with Crippen molar-refractivity contribution in [3.05, 3.63) is 46.4 Å². The summed E-state index contributed by atoms with van der Waals surface area (Å²) in [6.45, 7) is 4.65. The molecule has 0 fully saturated rings. The summed E-state index contributed by atoms with van der Waals surface area (Å²) in [6, 6.07) is 9.67. The maximum absolute atomic E-state index is 12.2. The lowest BCUT2D eigenvalue weighted by Gasteiger charge is -2.27. The third-order valence-electron chi connectivity index (χ3n) is 4.66. The third kappa shape index (κ3) is 3.51. The molecule has 2 aromatic heterocycles. The molecule has 7 heteroatoms. The summed E-state index contributed by atoms with van der Waals surface area (Å²) in [5, 5.41) is 4.86. The molecular formula is C19H22N4O2S. The van der Waals surface area contributed by atoms with Crippen molar-refractivity contribution in [2.75, 3.05) is 32.1 Å². The standard InChI is InChI=1S/C19H22N4O2S/c1-25-10-3-7-22-8-9-23-16-6-5-14(12-15(16)21-18(23)13-22)20-19(24)17-4-2-11-26-17/h2,4-6,11-12H,3,7-10,13H2,1H3,(H,20,24). The highest BCUT2D eigenvalue weighted by atomic mass is 32.1. The topological polar surface area (TPSA) is 59.4 Å². The highest BCUT2D eigenvalue weighted by molar-refractivity contribution is 7.12. The van der Waals surface area contributed by atoms with E-state index in [4.69, 9.17) is 9.72 Å². The summed E-state index contributed by atoms with van der Waals surface area (Å²) in [6.07, 6.45) is 1.04. The number of nitrogens with one attached hydrogen (secondary N) is 1. The Labute approximate surface area is 156 Å². The van der Waals surface area contributed by atoms with E-state index < -0.39 is 0 Å². The monoisotopic (exact) mass is 370 g/mol. The summed E-state index contributed by atoms with van der Waals surface area (Å²) < 4.78 is 7.43. The zero-order valence-electron chi connectivity index (χ0n) is 14.8. The molecule has 0 unspecified atom stereocenters. The van der Waals surface area contributed by atoms with Crippen LogP contribution in [0.4, 0.5) is 5.69 Å². The minimum Gasteiger partial charge on any atom is -0.385 e. The Kier molecular flexibility index (Phi) is 5.01. The van der Waals surface area contributed by atoms with Crippen molar-refractivity contribution in [1.82, 2.24) is 14.5 Å². The highest BCUT2D eigenvalue weighted by Crippen LogP contribution is 2.24. The molecule has 136 valence electrons. The van der Waals surface area contributed by atoms with E-state index in [1.807, 2.05) is 29.6 Å². The Balaban J connectivity index is 1.50. The summed E-state index contributed by atoms with van der Waals surface area (Å²) >= 11 is 1.44. The molecule has 1 amide bonds. The number of fused-ring (bicyclic) bond motifs is 3. The summed E-state index contributed by atoms with van der Waals surface area (Å²) in [5.74, 6) is 1.01. The van der Waals surface area contributed by atoms with Gasteiger partial charge in [-0.3, -0.25) is 9.69 Å². The van der Waals surface area contributed by atoms with E-state index in [2.05, 4.69) is 20.9 Å². The Morgan fingerprint density at radius 1 is 1.35 bits per heavy atom. The molecule has 3 heterocycles. The molecule has 3 aromatic rings. The number of imidazole rings is 1. The van der Waals surface area contributed by atoms with Gasteiger partial charge in [-0.05, 0) is 36.1 Å². The number of carbonyl (C=O) groups is 1. The third-order valence-corrected chi connectivity index (χ3v) is 5.53. The lowest BCUT2D eigenvalue weighted by molar-refractivity contribution is 0.103. The number of thiophene rings is 1. The first kappa shape index (κ1) is 17.2. The quantitative estimate of drug-likeness (QED) is 0.677. The van der Waals surface area contributed by atoms with E-state index in [1.54, 1.807) is 7.11 Å². The molecule has 0 saturated heterocycles. The lowest BCUT2D eigenvalue weighted by Crippen LogP contribution is -2.34. The van der Waals surface area contributed by atoms with E-state index >= 15 is 0 Å². The summed E-state index contributed by atoms with van der Waals surface area (Å²) in [5.41, 5.74) is 2.84. The molecule has 26 heavy (non-hydrogen) atoms. The first-order valence-electron chi connectivity index (χ1n) is 8.80. The minimum absolute atomic E-state index is 0.0763. The number of ether oxygens (including phenoxy) is 1. The van der Waals surface area contributed by atoms with E-state index in [9.17, 15) is 4.79 Å². The molecule has 4 rings (SSSR count). The number of anilines is 1. The van der Waals surface area contributed by atoms with Gasteiger partial charge >= 0.3 is 0 Å². The van der Waals surface area contributed by atoms with Gasteiger partial charge in [-0.1, -0.05) is 6.07 Å². The molecule has 0 aliphatic carbocycles. The first-order valence-corrected chi connectivity index (χ1v) is 9.68. The molecular weight excluding hydrogens is 348 g/mol. The Morgan fingerprint density at radius 3 is 3.08 bits per heavy atom. The fourth-order valence-corrected chi connectivity index (χ4v) is 3.99. The molecule has 1 aliphatic heterocycles. The number of nitrogens with zero attached hydrogens (tertiary/aromatic N) is 3. The Bertz CT molecular complexity index is 904. The highest BCUT2D eigenvalue weighted by Gasteiger charge is 2.20. The van der Waals surface area contributed by atoms with Gasteiger partial charge in [-0.2, -0.15) is 0 Å². The van der Waals surface area contributed by atoms with Crippen LogP contribution in [0.3, 0.4) is 0 Å². The molecule has 1 aliphatic rings. The van der Waals surface area contributed by atoms with Crippen LogP contribution in [0.25, 0.3) is 11.0 Å². The number of carbonyl (C=O) groups excluding carboxylic acids is 1. The molecule has 0 bridgehead atoms. The fourth-order valence-electron chi connectivity index (χ4n) is 3.37. The summed E-state index contributed by atoms with van der Waals surface area (Å²) in [7, 11) is 1.74. The van der Waals surface area contributed by atoms with Crippen molar-refractivity contribution >= 4 is 34.0 Å². The molecule has 6 nitrogen and oxygen atoms in total. The maximum atomic E-state index is 12.2. The van der Waals surface area contributed by atoms with Crippen LogP contribution in [0.5, 0.6) is 0 Å². The van der Waals surface area contributed by atoms with E-state index in [0.717, 1.165) is 61.8 Å². The maximum Gasteiger partial charge on any atom is 0.265 e. The van der Waals surface area contributed by atoms with Crippen LogP contribution in [0.1, 0.15) is 21.9 Å². The van der Waals surface area contributed by atoms with Crippen LogP contribution in [0, 0.1) is 0 Å². The number of hydrogen-bond acceptors (Lipinski definition) is 5. The van der Waals surface area contributed by atoms with Gasteiger partial charge in [0.2, 0.25) is 0 Å². The Hall–Kier alpha value is -2.22. The second-order valence-electron chi connectivity index (χ2n) is 6.44. The van der Waals surface area contributed by atoms with Crippen LogP contribution >= 0.6 is 11.3 Å². The molecule has 0 radical (unpaired) electrons. The van der Waals surface area contributed by atoms with Gasteiger partial charge in [-0.15, -0.1) is 11.3 Å². The van der Waals surface area contributed by atoms with Crippen molar-refractivity contribution in [2.24, 2.45) is 0 Å². The second kappa shape index (κ2) is 7.57. The zero-order valence-corrected chi connectivity index (χ0v) is 15.6. The van der Waals surface area contributed by atoms with Crippen molar-refractivity contribution in [1.29, 1.82) is 0 Å². The van der Waals surface area contributed by atoms with Crippen LogP contribution < -0.4 is 5.32 Å². The molecule has 0 spiro atoms. The minimum atomic E-state index is -0.0763. The lowest BCUT2D eigenvalue weighted by atomic mass is 10.2. The normalized spacial score (nSPS) is 14.5. The predicted molar refractivity (Wildman–Crippen MR) is 104 cm³/mol. The van der Waals surface area contributed by atoms with Crippen molar-refractivity contribution in [3.63, 3.8) is 0 Å². The average molecular weight is 370 g/mol. The number of hydrogen-bond donors (Lipinski definition) is 1. The number of amides is 1. The largest absolute Gasteiger partial charge is 0.385 e.